The van der Waals surface area contributed by atoms with Crippen LogP contribution in [-0.4, -0.2) is 24.2 Å². The summed E-state index contributed by atoms with van der Waals surface area (Å²) in [4.78, 5) is 21.5. The fraction of sp³-hybridized carbons (Fsp3) is 0.714. The normalized spacial score (nSPS) is 19.9. The first kappa shape index (κ1) is 10.3. The largest absolute Gasteiger partial charge is 0.512 e. The molecule has 1 aliphatic rings. The smallest absolute Gasteiger partial charge is 0.393 e. The summed E-state index contributed by atoms with van der Waals surface area (Å²) in [6.45, 7) is 2.02. The Labute approximate surface area is 76.3 Å². The van der Waals surface area contributed by atoms with Gasteiger partial charge in [0.05, 0.1) is 19.4 Å². The first-order valence-corrected chi connectivity index (χ1v) is 5.21. The molecule has 6 heteroatoms. The van der Waals surface area contributed by atoms with E-state index in [9.17, 15) is 14.2 Å². The lowest BCUT2D eigenvalue weighted by Gasteiger charge is -2.10. The summed E-state index contributed by atoms with van der Waals surface area (Å²) in [5.41, 5.74) is -0.510. The molecule has 0 N–H and O–H groups in total. The highest BCUT2D eigenvalue weighted by Gasteiger charge is 2.41. The molecule has 1 rings (SSSR count). The molecule has 1 fully saturated rings. The van der Waals surface area contributed by atoms with Crippen molar-refractivity contribution < 1.29 is 23.4 Å². The number of carbonyl (C=O) groups is 2. The average Bonchev–Trinajstić information content (AvgIpc) is 2.03. The summed E-state index contributed by atoms with van der Waals surface area (Å²) in [6.07, 6.45) is 0.00187. The van der Waals surface area contributed by atoms with Gasteiger partial charge in [0.1, 0.15) is 0 Å². The molecule has 1 unspecified atom stereocenters. The van der Waals surface area contributed by atoms with Crippen molar-refractivity contribution in [2.45, 2.75) is 25.4 Å². The molecule has 0 radical (unpaired) electrons. The third-order valence-electron chi connectivity index (χ3n) is 1.59. The molecule has 72 valence electrons. The van der Waals surface area contributed by atoms with Gasteiger partial charge in [0.2, 0.25) is 5.66 Å². The van der Waals surface area contributed by atoms with Crippen molar-refractivity contribution in [1.82, 2.24) is 0 Å². The molecule has 0 aromatic heterocycles. The molecular formula is C7H10O5P+. The summed E-state index contributed by atoms with van der Waals surface area (Å²) in [5.74, 6) is -1.24. The second kappa shape index (κ2) is 4.44. The van der Waals surface area contributed by atoms with Crippen LogP contribution in [0.3, 0.4) is 0 Å². The lowest BCUT2D eigenvalue weighted by atomic mass is 10.2. The Hall–Kier alpha value is -0.800. The van der Waals surface area contributed by atoms with E-state index in [0.29, 0.717) is 6.61 Å². The predicted molar refractivity (Wildman–Crippen MR) is 43.4 cm³/mol. The highest BCUT2D eigenvalue weighted by atomic mass is 31.1. The molecule has 0 aromatic carbocycles. The minimum atomic E-state index is -1.92. The van der Waals surface area contributed by atoms with E-state index < -0.39 is 25.6 Å². The van der Waals surface area contributed by atoms with Gasteiger partial charge in [-0.2, -0.15) is 0 Å². The quantitative estimate of drug-likeness (QED) is 0.390. The summed E-state index contributed by atoms with van der Waals surface area (Å²) >= 11 is 0. The molecule has 1 heterocycles. The van der Waals surface area contributed by atoms with E-state index in [2.05, 4.69) is 4.74 Å². The van der Waals surface area contributed by atoms with E-state index in [1.54, 1.807) is 6.92 Å². The second-order valence-electron chi connectivity index (χ2n) is 2.61. The molecule has 5 nitrogen and oxygen atoms in total. The zero-order chi connectivity index (χ0) is 9.84. The summed E-state index contributed by atoms with van der Waals surface area (Å²) in [5, 5.41) is 0. The van der Waals surface area contributed by atoms with Crippen molar-refractivity contribution in [2.24, 2.45) is 0 Å². The van der Waals surface area contributed by atoms with Crippen LogP contribution >= 0.6 is 8.03 Å². The van der Waals surface area contributed by atoms with Crippen molar-refractivity contribution >= 4 is 20.0 Å². The summed E-state index contributed by atoms with van der Waals surface area (Å²) in [6, 6.07) is 0. The van der Waals surface area contributed by atoms with Crippen LogP contribution in [-0.2, 0) is 23.4 Å². The lowest BCUT2D eigenvalue weighted by Crippen LogP contribution is -2.27. The number of hydrogen-bond acceptors (Lipinski definition) is 5. The van der Waals surface area contributed by atoms with Gasteiger partial charge in [-0.25, -0.2) is 0 Å². The summed E-state index contributed by atoms with van der Waals surface area (Å²) < 4.78 is 20.4. The Morgan fingerprint density at radius 1 is 1.46 bits per heavy atom. The van der Waals surface area contributed by atoms with Crippen LogP contribution in [0.4, 0.5) is 0 Å². The lowest BCUT2D eigenvalue weighted by molar-refractivity contribution is -0.162. The van der Waals surface area contributed by atoms with E-state index in [1.165, 1.54) is 0 Å². The number of cyclic esters (lactones) is 2. The Bertz CT molecular complexity index is 233. The maximum atomic E-state index is 11.3. The highest BCUT2D eigenvalue weighted by Crippen LogP contribution is 2.36. The van der Waals surface area contributed by atoms with Crippen LogP contribution in [0.1, 0.15) is 19.8 Å². The number of esters is 2. The molecule has 1 aliphatic heterocycles. The van der Waals surface area contributed by atoms with E-state index in [4.69, 9.17) is 4.52 Å². The second-order valence-corrected chi connectivity index (χ2v) is 4.17. The van der Waals surface area contributed by atoms with E-state index in [-0.39, 0.29) is 12.8 Å². The van der Waals surface area contributed by atoms with Crippen LogP contribution in [0.2, 0.25) is 0 Å². The molecule has 0 amide bonds. The minimum Gasteiger partial charge on any atom is -0.393 e. The van der Waals surface area contributed by atoms with Gasteiger partial charge in [-0.1, -0.05) is 0 Å². The van der Waals surface area contributed by atoms with Crippen molar-refractivity contribution in [3.63, 3.8) is 0 Å². The Morgan fingerprint density at radius 3 is 2.46 bits per heavy atom. The van der Waals surface area contributed by atoms with E-state index in [1.807, 2.05) is 0 Å². The van der Waals surface area contributed by atoms with Gasteiger partial charge in [0.15, 0.2) is 0 Å². The molecule has 0 bridgehead atoms. The molecule has 1 saturated heterocycles. The topological polar surface area (TPSA) is 69.7 Å². The van der Waals surface area contributed by atoms with Crippen molar-refractivity contribution in [3.05, 3.63) is 0 Å². The van der Waals surface area contributed by atoms with E-state index in [0.717, 1.165) is 0 Å². The van der Waals surface area contributed by atoms with Crippen LogP contribution in [0.5, 0.6) is 0 Å². The van der Waals surface area contributed by atoms with Crippen LogP contribution in [0.25, 0.3) is 0 Å². The van der Waals surface area contributed by atoms with Gasteiger partial charge in [0, 0.05) is 0 Å². The molecule has 0 aliphatic carbocycles. The molecule has 1 atom stereocenters. The third kappa shape index (κ3) is 2.86. The fourth-order valence-corrected chi connectivity index (χ4v) is 2.11. The molecule has 13 heavy (non-hydrogen) atoms. The van der Waals surface area contributed by atoms with Crippen molar-refractivity contribution in [2.75, 3.05) is 6.61 Å². The van der Waals surface area contributed by atoms with Crippen LogP contribution < -0.4 is 0 Å². The van der Waals surface area contributed by atoms with Crippen molar-refractivity contribution in [3.8, 4) is 0 Å². The molecule has 0 aromatic rings. The zero-order valence-electron chi connectivity index (χ0n) is 7.19. The third-order valence-corrected chi connectivity index (χ3v) is 3.06. The molecule has 0 saturated carbocycles. The number of rotatable bonds is 3. The maximum Gasteiger partial charge on any atom is 0.512 e. The van der Waals surface area contributed by atoms with Gasteiger partial charge in [-0.3, -0.25) is 9.59 Å². The number of carbonyl (C=O) groups excluding carboxylic acids is 2. The predicted octanol–water partition coefficient (Wildman–Crippen LogP) is 0.998. The average molecular weight is 205 g/mol. The molecular weight excluding hydrogens is 195 g/mol. The monoisotopic (exact) mass is 205 g/mol. The van der Waals surface area contributed by atoms with Gasteiger partial charge < -0.3 is 4.74 Å². The number of ether oxygens (including phenoxy) is 1. The summed E-state index contributed by atoms with van der Waals surface area (Å²) in [7, 11) is -1.92. The standard InChI is InChI=1S/C7H10O5P/c1-2-11-13(10)5-3-6(8)12-7(9)4-5/h5H,2-4H2,1H3/q+1. The minimum absolute atomic E-state index is 0.000936. The maximum absolute atomic E-state index is 11.3. The van der Waals surface area contributed by atoms with Gasteiger partial charge in [-0.05, 0) is 11.5 Å². The fourth-order valence-electron chi connectivity index (χ4n) is 1.05. The van der Waals surface area contributed by atoms with Gasteiger partial charge in [0.25, 0.3) is 0 Å². The van der Waals surface area contributed by atoms with Crippen LogP contribution in [0.15, 0.2) is 0 Å². The first-order valence-electron chi connectivity index (χ1n) is 3.96. The first-order chi connectivity index (χ1) is 6.13. The molecule has 0 spiro atoms. The van der Waals surface area contributed by atoms with Gasteiger partial charge in [-0.15, -0.1) is 4.52 Å². The highest BCUT2D eigenvalue weighted by molar-refractivity contribution is 7.40. The Kier molecular flexibility index (Phi) is 3.51. The Balaban J connectivity index is 2.54. The Morgan fingerprint density at radius 2 is 2.00 bits per heavy atom. The van der Waals surface area contributed by atoms with Crippen LogP contribution in [0, 0.1) is 0 Å². The zero-order valence-corrected chi connectivity index (χ0v) is 8.08. The van der Waals surface area contributed by atoms with Crippen molar-refractivity contribution in [1.29, 1.82) is 0 Å². The number of hydrogen-bond donors (Lipinski definition) is 0. The van der Waals surface area contributed by atoms with E-state index >= 15 is 0 Å². The van der Waals surface area contributed by atoms with Gasteiger partial charge >= 0.3 is 20.0 Å². The SMILES string of the molecule is CCO[P+](=O)C1CC(=O)OC(=O)C1.